The maximum absolute atomic E-state index is 12.2. The number of hydrogen-bond acceptors (Lipinski definition) is 2. The average molecular weight is 296 g/mol. The predicted molar refractivity (Wildman–Crippen MR) is 88.9 cm³/mol. The molecule has 1 fully saturated rings. The summed E-state index contributed by atoms with van der Waals surface area (Å²) in [5.41, 5.74) is 3.44. The summed E-state index contributed by atoms with van der Waals surface area (Å²) in [6.45, 7) is 6.61. The first-order valence-electron chi connectivity index (χ1n) is 8.48. The van der Waals surface area contributed by atoms with Gasteiger partial charge in [0.1, 0.15) is 6.29 Å². The lowest BCUT2D eigenvalue weighted by atomic mass is 9.60. The van der Waals surface area contributed by atoms with Crippen LogP contribution in [-0.2, 0) is 16.8 Å². The van der Waals surface area contributed by atoms with E-state index in [0.717, 1.165) is 38.8 Å². The molecule has 2 aliphatic rings. The van der Waals surface area contributed by atoms with E-state index in [1.165, 1.54) is 28.4 Å². The van der Waals surface area contributed by atoms with E-state index in [-0.39, 0.29) is 11.0 Å². The van der Waals surface area contributed by atoms with E-state index in [4.69, 9.17) is 0 Å². The summed E-state index contributed by atoms with van der Waals surface area (Å²) in [5, 5.41) is 1.33. The van der Waals surface area contributed by atoms with Crippen LogP contribution in [0.3, 0.4) is 0 Å². The molecule has 3 nitrogen and oxygen atoms in total. The van der Waals surface area contributed by atoms with Crippen LogP contribution in [0.25, 0.3) is 10.9 Å². The maximum Gasteiger partial charge on any atom is 0.128 e. The molecule has 0 unspecified atom stereocenters. The van der Waals surface area contributed by atoms with Gasteiger partial charge in [-0.1, -0.05) is 25.1 Å². The van der Waals surface area contributed by atoms with Crippen LogP contribution in [0.15, 0.2) is 24.3 Å². The highest BCUT2D eigenvalue weighted by molar-refractivity contribution is 5.86. The summed E-state index contributed by atoms with van der Waals surface area (Å²) >= 11 is 0. The minimum Gasteiger partial charge on any atom is -0.357 e. The molecule has 116 valence electrons. The molecule has 2 aliphatic heterocycles. The molecule has 0 spiro atoms. The van der Waals surface area contributed by atoms with Crippen LogP contribution in [-0.4, -0.2) is 29.3 Å². The molecule has 1 aromatic carbocycles. The fourth-order valence-corrected chi connectivity index (χ4v) is 5.01. The zero-order valence-corrected chi connectivity index (χ0v) is 13.5. The number of fused-ring (bicyclic) bond motifs is 5. The second kappa shape index (κ2) is 4.69. The summed E-state index contributed by atoms with van der Waals surface area (Å²) in [6, 6.07) is 8.55. The minimum atomic E-state index is -0.276. The molecule has 1 aromatic heterocycles. The van der Waals surface area contributed by atoms with E-state index in [2.05, 4.69) is 48.0 Å². The largest absolute Gasteiger partial charge is 0.357 e. The molecule has 0 saturated carbocycles. The molecule has 0 aliphatic carbocycles. The molecule has 4 rings (SSSR count). The number of nitrogens with zero attached hydrogens (tertiary/aromatic N) is 1. The van der Waals surface area contributed by atoms with Crippen molar-refractivity contribution >= 4 is 17.2 Å². The van der Waals surface area contributed by atoms with Gasteiger partial charge < -0.3 is 9.78 Å². The number of H-pyrrole nitrogens is 1. The molecule has 0 amide bonds. The monoisotopic (exact) mass is 296 g/mol. The molecular weight excluding hydrogens is 272 g/mol. The van der Waals surface area contributed by atoms with Crippen molar-refractivity contribution < 1.29 is 4.79 Å². The topological polar surface area (TPSA) is 36.1 Å². The number of aromatic nitrogens is 1. The lowest BCUT2D eigenvalue weighted by Crippen LogP contribution is -2.62. The molecule has 0 bridgehead atoms. The standard InChI is InChI=1S/C19H24N2O/c1-3-19(13-22)10-6-11-21-12-9-15-14-7-4-5-8-16(14)20-17(15)18(19,21)2/h4-5,7-8,13,20H,3,6,9-12H2,1-2H3/t18-,19+/m1/s1. The molecule has 1 saturated heterocycles. The quantitative estimate of drug-likeness (QED) is 0.859. The van der Waals surface area contributed by atoms with E-state index in [0.29, 0.717) is 0 Å². The second-order valence-electron chi connectivity index (χ2n) is 7.06. The Morgan fingerprint density at radius 1 is 1.32 bits per heavy atom. The Balaban J connectivity index is 2.01. The number of rotatable bonds is 2. The van der Waals surface area contributed by atoms with Gasteiger partial charge in [0.05, 0.1) is 5.54 Å². The number of piperidine rings is 1. The molecule has 3 heterocycles. The van der Waals surface area contributed by atoms with Crippen molar-refractivity contribution in [1.29, 1.82) is 0 Å². The van der Waals surface area contributed by atoms with Gasteiger partial charge in [-0.05, 0) is 50.8 Å². The van der Waals surface area contributed by atoms with Gasteiger partial charge in [0.2, 0.25) is 0 Å². The van der Waals surface area contributed by atoms with Gasteiger partial charge >= 0.3 is 0 Å². The van der Waals surface area contributed by atoms with E-state index in [1.54, 1.807) is 0 Å². The van der Waals surface area contributed by atoms with Gasteiger partial charge in [0.15, 0.2) is 0 Å². The normalized spacial score (nSPS) is 31.7. The SMILES string of the molecule is CC[C@@]1(C=O)CCCN2CCc3c([nH]c4ccccc34)[C@@]21C. The smallest absolute Gasteiger partial charge is 0.128 e. The summed E-state index contributed by atoms with van der Waals surface area (Å²) in [4.78, 5) is 18.4. The second-order valence-corrected chi connectivity index (χ2v) is 7.06. The van der Waals surface area contributed by atoms with E-state index in [1.807, 2.05) is 0 Å². The predicted octanol–water partition coefficient (Wildman–Crippen LogP) is 3.63. The van der Waals surface area contributed by atoms with Crippen molar-refractivity contribution in [1.82, 2.24) is 9.88 Å². The lowest BCUT2D eigenvalue weighted by molar-refractivity contribution is -0.136. The molecule has 22 heavy (non-hydrogen) atoms. The zero-order chi connectivity index (χ0) is 15.4. The average Bonchev–Trinajstić information content (AvgIpc) is 2.94. The van der Waals surface area contributed by atoms with E-state index in [9.17, 15) is 4.79 Å². The fraction of sp³-hybridized carbons (Fsp3) is 0.526. The first-order chi connectivity index (χ1) is 10.7. The highest BCUT2D eigenvalue weighted by Crippen LogP contribution is 2.54. The van der Waals surface area contributed by atoms with Crippen molar-refractivity contribution in [3.63, 3.8) is 0 Å². The van der Waals surface area contributed by atoms with Crippen molar-refractivity contribution in [3.05, 3.63) is 35.5 Å². The number of aromatic amines is 1. The van der Waals surface area contributed by atoms with Gasteiger partial charge in [-0.2, -0.15) is 0 Å². The maximum atomic E-state index is 12.2. The minimum absolute atomic E-state index is 0.200. The van der Waals surface area contributed by atoms with Gasteiger partial charge in [-0.15, -0.1) is 0 Å². The van der Waals surface area contributed by atoms with Crippen LogP contribution in [0, 0.1) is 5.41 Å². The highest BCUT2D eigenvalue weighted by Gasteiger charge is 2.56. The summed E-state index contributed by atoms with van der Waals surface area (Å²) in [7, 11) is 0. The Hall–Kier alpha value is -1.61. The Kier molecular flexibility index (Phi) is 2.99. The lowest BCUT2D eigenvalue weighted by Gasteiger charge is -2.57. The van der Waals surface area contributed by atoms with Crippen molar-refractivity contribution in [2.24, 2.45) is 5.41 Å². The van der Waals surface area contributed by atoms with Crippen LogP contribution in [0.1, 0.15) is 44.4 Å². The van der Waals surface area contributed by atoms with Gasteiger partial charge in [-0.3, -0.25) is 4.90 Å². The summed E-state index contributed by atoms with van der Waals surface area (Å²) in [6.07, 6.45) is 5.35. The third-order valence-corrected chi connectivity index (χ3v) is 6.44. The van der Waals surface area contributed by atoms with E-state index < -0.39 is 0 Å². The Labute approximate surface area is 131 Å². The number of carbonyl (C=O) groups excluding carboxylic acids is 1. The Morgan fingerprint density at radius 3 is 2.91 bits per heavy atom. The van der Waals surface area contributed by atoms with Crippen LogP contribution in [0.2, 0.25) is 0 Å². The number of nitrogens with one attached hydrogen (secondary N) is 1. The number of hydrogen-bond donors (Lipinski definition) is 1. The summed E-state index contributed by atoms with van der Waals surface area (Å²) < 4.78 is 0. The highest BCUT2D eigenvalue weighted by atomic mass is 16.1. The molecular formula is C19H24N2O. The van der Waals surface area contributed by atoms with Gasteiger partial charge in [-0.25, -0.2) is 0 Å². The third kappa shape index (κ3) is 1.52. The number of aldehydes is 1. The summed E-state index contributed by atoms with van der Waals surface area (Å²) in [5.74, 6) is 0. The van der Waals surface area contributed by atoms with E-state index >= 15 is 0 Å². The fourth-order valence-electron chi connectivity index (χ4n) is 5.01. The molecule has 0 radical (unpaired) electrons. The van der Waals surface area contributed by atoms with Crippen molar-refractivity contribution in [2.75, 3.05) is 13.1 Å². The Morgan fingerprint density at radius 2 is 2.14 bits per heavy atom. The number of carbonyl (C=O) groups is 1. The zero-order valence-electron chi connectivity index (χ0n) is 13.5. The Bertz CT molecular complexity index is 734. The van der Waals surface area contributed by atoms with Crippen molar-refractivity contribution in [2.45, 2.75) is 45.1 Å². The molecule has 1 N–H and O–H groups in total. The molecule has 3 heteroatoms. The van der Waals surface area contributed by atoms with Crippen LogP contribution in [0.5, 0.6) is 0 Å². The van der Waals surface area contributed by atoms with Crippen molar-refractivity contribution in [3.8, 4) is 0 Å². The first kappa shape index (κ1) is 14.0. The number of para-hydroxylation sites is 1. The molecule has 2 atom stereocenters. The third-order valence-electron chi connectivity index (χ3n) is 6.44. The number of benzene rings is 1. The van der Waals surface area contributed by atoms with Crippen LogP contribution >= 0.6 is 0 Å². The van der Waals surface area contributed by atoms with Crippen LogP contribution < -0.4 is 0 Å². The van der Waals surface area contributed by atoms with Gasteiger partial charge in [0.25, 0.3) is 0 Å². The first-order valence-corrected chi connectivity index (χ1v) is 8.48. The van der Waals surface area contributed by atoms with Gasteiger partial charge in [0, 0.05) is 28.6 Å². The molecule has 2 aromatic rings. The van der Waals surface area contributed by atoms with Crippen LogP contribution in [0.4, 0.5) is 0 Å².